The number of benzene rings is 1. The number of nitrogens with zero attached hydrogens (tertiary/aromatic N) is 2. The van der Waals surface area contributed by atoms with E-state index in [1.54, 1.807) is 25.3 Å². The molecule has 3 rings (SSSR count). The summed E-state index contributed by atoms with van der Waals surface area (Å²) in [7, 11) is 0. The van der Waals surface area contributed by atoms with Crippen LogP contribution in [0.15, 0.2) is 89.6 Å². The minimum Gasteiger partial charge on any atom is -0.330 e. The fourth-order valence-corrected chi connectivity index (χ4v) is 4.44. The molecule has 0 fully saturated rings. The number of anilines is 1. The van der Waals surface area contributed by atoms with Crippen LogP contribution in [0.1, 0.15) is 53.5 Å². The molecule has 0 saturated heterocycles. The number of hydrogen-bond acceptors (Lipinski definition) is 2. The van der Waals surface area contributed by atoms with Crippen molar-refractivity contribution in [2.24, 2.45) is 5.41 Å². The lowest BCUT2D eigenvalue weighted by Gasteiger charge is -2.37. The molecule has 190 valence electrons. The smallest absolute Gasteiger partial charge is 0.248 e. The highest BCUT2D eigenvalue weighted by atomic mass is 19.1. The van der Waals surface area contributed by atoms with Crippen LogP contribution >= 0.6 is 0 Å². The number of imidazole rings is 1. The van der Waals surface area contributed by atoms with E-state index in [9.17, 15) is 18.0 Å². The van der Waals surface area contributed by atoms with Gasteiger partial charge in [-0.2, -0.15) is 0 Å². The Balaban J connectivity index is 1.68. The maximum absolute atomic E-state index is 13.7. The minimum absolute atomic E-state index is 0.0734. The molecule has 0 saturated carbocycles. The molecule has 1 unspecified atom stereocenters. The first-order valence-electron chi connectivity index (χ1n) is 11.8. The monoisotopic (exact) mass is 495 g/mol. The molecule has 0 bridgehead atoms. The highest BCUT2D eigenvalue weighted by Crippen LogP contribution is 2.45. The Morgan fingerprint density at radius 1 is 1.14 bits per heavy atom. The van der Waals surface area contributed by atoms with Gasteiger partial charge in [0.2, 0.25) is 5.91 Å². The largest absolute Gasteiger partial charge is 0.330 e. The van der Waals surface area contributed by atoms with Crippen molar-refractivity contribution in [3.63, 3.8) is 0 Å². The molecule has 1 aliphatic carbocycles. The second kappa shape index (κ2) is 11.4. The Labute approximate surface area is 210 Å². The fourth-order valence-electron chi connectivity index (χ4n) is 4.44. The van der Waals surface area contributed by atoms with Crippen LogP contribution in [0.25, 0.3) is 0 Å². The van der Waals surface area contributed by atoms with E-state index in [1.165, 1.54) is 17.2 Å². The quantitative estimate of drug-likeness (QED) is 0.317. The number of carbonyl (C=O) groups is 1. The van der Waals surface area contributed by atoms with Gasteiger partial charge < -0.3 is 9.88 Å². The predicted molar refractivity (Wildman–Crippen MR) is 138 cm³/mol. The van der Waals surface area contributed by atoms with Crippen molar-refractivity contribution in [1.29, 1.82) is 0 Å². The number of carbonyl (C=O) groups excluding carboxylic acids is 1. The van der Waals surface area contributed by atoms with E-state index in [-0.39, 0.29) is 5.41 Å². The van der Waals surface area contributed by atoms with Crippen molar-refractivity contribution in [3.8, 4) is 0 Å². The van der Waals surface area contributed by atoms with Crippen LogP contribution in [0.3, 0.4) is 0 Å². The number of aromatic nitrogens is 2. The Hall–Kier alpha value is -3.61. The van der Waals surface area contributed by atoms with Crippen molar-refractivity contribution in [2.75, 3.05) is 5.32 Å². The van der Waals surface area contributed by atoms with Crippen molar-refractivity contribution in [1.82, 2.24) is 9.55 Å². The Morgan fingerprint density at radius 2 is 1.83 bits per heavy atom. The van der Waals surface area contributed by atoms with Crippen molar-refractivity contribution in [3.05, 3.63) is 107 Å². The molecule has 1 N–H and O–H groups in total. The molecule has 36 heavy (non-hydrogen) atoms. The molecule has 0 radical (unpaired) electrons. The fraction of sp³-hybridized carbons (Fsp3) is 0.310. The molecule has 0 spiro atoms. The summed E-state index contributed by atoms with van der Waals surface area (Å²) >= 11 is 0. The summed E-state index contributed by atoms with van der Waals surface area (Å²) in [5.74, 6) is -4.10. The van der Waals surface area contributed by atoms with Gasteiger partial charge in [0, 0.05) is 30.6 Å². The number of halogens is 3. The molecule has 1 aromatic carbocycles. The van der Waals surface area contributed by atoms with Gasteiger partial charge in [-0.05, 0) is 55.7 Å². The molecule has 4 nitrogen and oxygen atoms in total. The molecule has 0 aliphatic heterocycles. The number of amides is 1. The van der Waals surface area contributed by atoms with Crippen molar-refractivity contribution in [2.45, 2.75) is 53.5 Å². The molecule has 1 aromatic heterocycles. The third-order valence-electron chi connectivity index (χ3n) is 6.43. The SMILES string of the molecule is CC1=C(/C=C/C(C)=C/C=C/C(C)=C/C(=O)Nc2c(F)cc(F)cc2F)C(C)(C)CCC1n1ccnc1. The summed E-state index contributed by atoms with van der Waals surface area (Å²) in [6.45, 7) is 10.4. The van der Waals surface area contributed by atoms with Crippen LogP contribution < -0.4 is 5.32 Å². The second-order valence-corrected chi connectivity index (χ2v) is 9.77. The highest BCUT2D eigenvalue weighted by Gasteiger charge is 2.32. The number of nitrogens with one attached hydrogen (secondary N) is 1. The first kappa shape index (κ1) is 27.0. The van der Waals surface area contributed by atoms with E-state index in [0.29, 0.717) is 23.7 Å². The minimum atomic E-state index is -1.17. The lowest BCUT2D eigenvalue weighted by atomic mass is 9.71. The van der Waals surface area contributed by atoms with Gasteiger partial charge in [0.1, 0.15) is 11.5 Å². The predicted octanol–water partition coefficient (Wildman–Crippen LogP) is 7.62. The lowest BCUT2D eigenvalue weighted by Crippen LogP contribution is -2.25. The maximum Gasteiger partial charge on any atom is 0.248 e. The normalized spacial score (nSPS) is 18.9. The van der Waals surface area contributed by atoms with Gasteiger partial charge in [-0.25, -0.2) is 18.2 Å². The molecule has 1 aliphatic rings. The number of hydrogen-bond donors (Lipinski definition) is 1. The van der Waals surface area contributed by atoms with E-state index in [2.05, 4.69) is 47.8 Å². The zero-order valence-electron chi connectivity index (χ0n) is 21.3. The van der Waals surface area contributed by atoms with Gasteiger partial charge in [-0.3, -0.25) is 4.79 Å². The molecule has 2 aromatic rings. The molecular weight excluding hydrogens is 463 g/mol. The zero-order valence-corrected chi connectivity index (χ0v) is 21.3. The molecule has 7 heteroatoms. The molecular formula is C29H32F3N3O. The average molecular weight is 496 g/mol. The van der Waals surface area contributed by atoms with Gasteiger partial charge in [0.15, 0.2) is 11.6 Å². The number of allylic oxidation sites excluding steroid dienone is 9. The van der Waals surface area contributed by atoms with Crippen LogP contribution in [0.4, 0.5) is 18.9 Å². The topological polar surface area (TPSA) is 46.9 Å². The maximum atomic E-state index is 13.7. The van der Waals surface area contributed by atoms with Gasteiger partial charge in [-0.1, -0.05) is 49.8 Å². The highest BCUT2D eigenvalue weighted by molar-refractivity contribution is 6.00. The number of rotatable bonds is 7. The summed E-state index contributed by atoms with van der Waals surface area (Å²) < 4.78 is 42.6. The van der Waals surface area contributed by atoms with Crippen LogP contribution in [0, 0.1) is 22.9 Å². The third-order valence-corrected chi connectivity index (χ3v) is 6.43. The molecule has 1 amide bonds. The van der Waals surface area contributed by atoms with E-state index in [4.69, 9.17) is 0 Å². The Bertz CT molecular complexity index is 1240. The van der Waals surface area contributed by atoms with Gasteiger partial charge in [0.25, 0.3) is 0 Å². The first-order valence-corrected chi connectivity index (χ1v) is 11.8. The van der Waals surface area contributed by atoms with Crippen LogP contribution in [0.5, 0.6) is 0 Å². The van der Waals surface area contributed by atoms with E-state index < -0.39 is 29.0 Å². The van der Waals surface area contributed by atoms with Gasteiger partial charge in [-0.15, -0.1) is 0 Å². The summed E-state index contributed by atoms with van der Waals surface area (Å²) in [6, 6.07) is 1.33. The Kier molecular flexibility index (Phi) is 8.56. The molecule has 1 atom stereocenters. The van der Waals surface area contributed by atoms with Crippen LogP contribution in [-0.2, 0) is 4.79 Å². The van der Waals surface area contributed by atoms with E-state index in [1.807, 2.05) is 25.5 Å². The van der Waals surface area contributed by atoms with E-state index >= 15 is 0 Å². The third kappa shape index (κ3) is 6.74. The summed E-state index contributed by atoms with van der Waals surface area (Å²) in [4.78, 5) is 16.3. The van der Waals surface area contributed by atoms with Crippen molar-refractivity contribution < 1.29 is 18.0 Å². The second-order valence-electron chi connectivity index (χ2n) is 9.77. The van der Waals surface area contributed by atoms with Gasteiger partial charge in [0.05, 0.1) is 12.4 Å². The first-order chi connectivity index (χ1) is 17.0. The summed E-state index contributed by atoms with van der Waals surface area (Å²) in [5, 5.41) is 2.11. The van der Waals surface area contributed by atoms with Crippen molar-refractivity contribution >= 4 is 11.6 Å². The van der Waals surface area contributed by atoms with Crippen LogP contribution in [0.2, 0.25) is 0 Å². The summed E-state index contributed by atoms with van der Waals surface area (Å²) in [6.07, 6.45) is 18.7. The summed E-state index contributed by atoms with van der Waals surface area (Å²) in [5.41, 5.74) is 3.66. The average Bonchev–Trinajstić information content (AvgIpc) is 3.30. The Morgan fingerprint density at radius 3 is 2.47 bits per heavy atom. The zero-order chi connectivity index (χ0) is 26.5. The standard InChI is InChI=1S/C29H32F3N3O/c1-19(9-10-23-21(3)26(11-12-29(23,4)5)35-14-13-33-18-35)7-6-8-20(2)15-27(36)34-28-24(31)16-22(30)17-25(28)32/h6-10,13-18,26H,11-12H2,1-5H3,(H,34,36)/b8-6+,10-9+,19-7+,20-15+. The lowest BCUT2D eigenvalue weighted by molar-refractivity contribution is -0.112. The van der Waals surface area contributed by atoms with Gasteiger partial charge >= 0.3 is 0 Å². The molecule has 1 heterocycles. The van der Waals surface area contributed by atoms with E-state index in [0.717, 1.165) is 18.4 Å². The van der Waals surface area contributed by atoms with Crippen LogP contribution in [-0.4, -0.2) is 15.5 Å².